The molecule has 0 saturated heterocycles. The fourth-order valence-corrected chi connectivity index (χ4v) is 3.37. The molecule has 6 heteroatoms. The van der Waals surface area contributed by atoms with Crippen molar-refractivity contribution in [2.24, 2.45) is 0 Å². The smallest absolute Gasteiger partial charge is 0.228 e. The summed E-state index contributed by atoms with van der Waals surface area (Å²) in [5.74, 6) is -0.237. The van der Waals surface area contributed by atoms with Gasteiger partial charge in [-0.2, -0.15) is 0 Å². The van der Waals surface area contributed by atoms with Crippen LogP contribution in [0.15, 0.2) is 35.8 Å². The van der Waals surface area contributed by atoms with Crippen LogP contribution in [0.3, 0.4) is 0 Å². The molecule has 0 saturated carbocycles. The number of aromatic nitrogens is 1. The SMILES string of the molecule is CC(=O)N1C=Cc2ccccc2[C@H]1CC(=O)Nc1nc(C)cs1. The Morgan fingerprint density at radius 3 is 2.83 bits per heavy atom. The lowest BCUT2D eigenvalue weighted by Crippen LogP contribution is -2.33. The summed E-state index contributed by atoms with van der Waals surface area (Å²) < 4.78 is 0. The molecule has 0 spiro atoms. The molecule has 2 amide bonds. The zero-order valence-electron chi connectivity index (χ0n) is 12.9. The normalized spacial score (nSPS) is 16.1. The highest BCUT2D eigenvalue weighted by atomic mass is 32.1. The Labute approximate surface area is 138 Å². The lowest BCUT2D eigenvalue weighted by Gasteiger charge is -2.32. The van der Waals surface area contributed by atoms with Crippen LogP contribution in [0.2, 0.25) is 0 Å². The summed E-state index contributed by atoms with van der Waals surface area (Å²) in [6, 6.07) is 7.52. The van der Waals surface area contributed by atoms with Crippen LogP contribution < -0.4 is 5.32 Å². The minimum Gasteiger partial charge on any atom is -0.311 e. The molecule has 1 aromatic heterocycles. The molecule has 23 heavy (non-hydrogen) atoms. The Morgan fingerprint density at radius 2 is 2.13 bits per heavy atom. The number of carbonyl (C=O) groups is 2. The first-order valence-electron chi connectivity index (χ1n) is 7.32. The Bertz CT molecular complexity index is 782. The van der Waals surface area contributed by atoms with Gasteiger partial charge in [-0.1, -0.05) is 24.3 Å². The molecule has 0 bridgehead atoms. The van der Waals surface area contributed by atoms with Gasteiger partial charge < -0.3 is 10.2 Å². The summed E-state index contributed by atoms with van der Waals surface area (Å²) >= 11 is 1.40. The van der Waals surface area contributed by atoms with Crippen LogP contribution in [0.1, 0.15) is 36.2 Å². The zero-order chi connectivity index (χ0) is 16.4. The van der Waals surface area contributed by atoms with Crippen LogP contribution in [0.4, 0.5) is 5.13 Å². The second kappa shape index (κ2) is 6.34. The van der Waals surface area contributed by atoms with E-state index in [0.717, 1.165) is 16.8 Å². The standard InChI is InChI=1S/C17H17N3O2S/c1-11-10-23-17(18-11)19-16(22)9-15-14-6-4-3-5-13(14)7-8-20(15)12(2)21/h3-8,10,15H,9H2,1-2H3,(H,18,19,22)/t15-/m1/s1. The Morgan fingerprint density at radius 1 is 1.35 bits per heavy atom. The van der Waals surface area contributed by atoms with Crippen molar-refractivity contribution in [3.05, 3.63) is 52.7 Å². The van der Waals surface area contributed by atoms with Crippen molar-refractivity contribution in [2.75, 3.05) is 5.32 Å². The first-order valence-corrected chi connectivity index (χ1v) is 8.20. The van der Waals surface area contributed by atoms with Gasteiger partial charge in [-0.25, -0.2) is 4.98 Å². The van der Waals surface area contributed by atoms with E-state index in [9.17, 15) is 9.59 Å². The molecule has 1 aliphatic heterocycles. The summed E-state index contributed by atoms with van der Waals surface area (Å²) in [6.07, 6.45) is 3.84. The highest BCUT2D eigenvalue weighted by Crippen LogP contribution is 2.33. The molecule has 1 aliphatic rings. The van der Waals surface area contributed by atoms with Crippen LogP contribution in [-0.4, -0.2) is 21.7 Å². The summed E-state index contributed by atoms with van der Waals surface area (Å²) in [4.78, 5) is 30.1. The zero-order valence-corrected chi connectivity index (χ0v) is 13.8. The van der Waals surface area contributed by atoms with E-state index in [1.807, 2.05) is 42.6 Å². The van der Waals surface area contributed by atoms with Gasteiger partial charge in [0.1, 0.15) is 0 Å². The maximum Gasteiger partial charge on any atom is 0.228 e. The number of fused-ring (bicyclic) bond motifs is 1. The molecule has 5 nitrogen and oxygen atoms in total. The second-order valence-corrected chi connectivity index (χ2v) is 6.29. The highest BCUT2D eigenvalue weighted by molar-refractivity contribution is 7.13. The maximum atomic E-state index is 12.4. The molecule has 1 aromatic carbocycles. The van der Waals surface area contributed by atoms with Gasteiger partial charge in [0.2, 0.25) is 11.8 Å². The number of nitrogens with one attached hydrogen (secondary N) is 1. The van der Waals surface area contributed by atoms with Gasteiger partial charge in [0.05, 0.1) is 18.2 Å². The summed E-state index contributed by atoms with van der Waals surface area (Å²) in [7, 11) is 0. The van der Waals surface area contributed by atoms with Crippen LogP contribution in [-0.2, 0) is 9.59 Å². The summed E-state index contributed by atoms with van der Waals surface area (Å²) in [6.45, 7) is 3.39. The van der Waals surface area contributed by atoms with E-state index in [-0.39, 0.29) is 24.3 Å². The number of thiazole rings is 1. The number of rotatable bonds is 3. The third kappa shape index (κ3) is 3.32. The molecule has 0 unspecified atom stereocenters. The lowest BCUT2D eigenvalue weighted by atomic mass is 9.93. The maximum absolute atomic E-state index is 12.4. The van der Waals surface area contributed by atoms with Crippen molar-refractivity contribution in [3.8, 4) is 0 Å². The van der Waals surface area contributed by atoms with E-state index in [2.05, 4.69) is 10.3 Å². The highest BCUT2D eigenvalue weighted by Gasteiger charge is 2.28. The third-order valence-electron chi connectivity index (χ3n) is 3.71. The van der Waals surface area contributed by atoms with E-state index >= 15 is 0 Å². The fraction of sp³-hybridized carbons (Fsp3) is 0.235. The quantitative estimate of drug-likeness (QED) is 0.940. The van der Waals surface area contributed by atoms with Crippen molar-refractivity contribution in [2.45, 2.75) is 26.3 Å². The number of aryl methyl sites for hydroxylation is 1. The van der Waals surface area contributed by atoms with Crippen molar-refractivity contribution in [1.82, 2.24) is 9.88 Å². The van der Waals surface area contributed by atoms with Crippen LogP contribution in [0, 0.1) is 6.92 Å². The average Bonchev–Trinajstić information content (AvgIpc) is 2.92. The molecule has 0 aliphatic carbocycles. The molecule has 0 radical (unpaired) electrons. The molecule has 0 fully saturated rings. The Balaban J connectivity index is 1.81. The first kappa shape index (κ1) is 15.4. The van der Waals surface area contributed by atoms with E-state index in [1.54, 1.807) is 11.1 Å². The van der Waals surface area contributed by atoms with Crippen LogP contribution >= 0.6 is 11.3 Å². The van der Waals surface area contributed by atoms with Gasteiger partial charge in [-0.3, -0.25) is 9.59 Å². The van der Waals surface area contributed by atoms with E-state index in [0.29, 0.717) is 5.13 Å². The van der Waals surface area contributed by atoms with Gasteiger partial charge in [0.25, 0.3) is 0 Å². The summed E-state index contributed by atoms with van der Waals surface area (Å²) in [5, 5.41) is 5.28. The topological polar surface area (TPSA) is 62.3 Å². The molecule has 1 N–H and O–H groups in total. The monoisotopic (exact) mass is 327 g/mol. The predicted molar refractivity (Wildman–Crippen MR) is 90.8 cm³/mol. The minimum atomic E-state index is -0.297. The van der Waals surface area contributed by atoms with Crippen molar-refractivity contribution in [3.63, 3.8) is 0 Å². The van der Waals surface area contributed by atoms with Crippen molar-refractivity contribution >= 4 is 34.4 Å². The average molecular weight is 327 g/mol. The first-order chi connectivity index (χ1) is 11.0. The minimum absolute atomic E-state index is 0.0846. The van der Waals surface area contributed by atoms with Crippen LogP contribution in [0.5, 0.6) is 0 Å². The molecule has 118 valence electrons. The van der Waals surface area contributed by atoms with E-state index < -0.39 is 0 Å². The summed E-state index contributed by atoms with van der Waals surface area (Å²) in [5.41, 5.74) is 2.89. The van der Waals surface area contributed by atoms with Crippen molar-refractivity contribution in [1.29, 1.82) is 0 Å². The van der Waals surface area contributed by atoms with Crippen molar-refractivity contribution < 1.29 is 9.59 Å². The number of benzene rings is 1. The van der Waals surface area contributed by atoms with Gasteiger partial charge in [-0.05, 0) is 24.1 Å². The van der Waals surface area contributed by atoms with Gasteiger partial charge >= 0.3 is 0 Å². The Hall–Kier alpha value is -2.47. The molecule has 2 heterocycles. The molecule has 1 atom stereocenters. The largest absolute Gasteiger partial charge is 0.311 e. The number of amides is 2. The predicted octanol–water partition coefficient (Wildman–Crippen LogP) is 3.35. The number of hydrogen-bond donors (Lipinski definition) is 1. The molecule has 2 aromatic rings. The molecular weight excluding hydrogens is 310 g/mol. The molecule has 3 rings (SSSR count). The second-order valence-electron chi connectivity index (χ2n) is 5.43. The number of nitrogens with zero attached hydrogens (tertiary/aromatic N) is 2. The van der Waals surface area contributed by atoms with Crippen LogP contribution in [0.25, 0.3) is 6.08 Å². The van der Waals surface area contributed by atoms with E-state index in [1.165, 1.54) is 18.3 Å². The number of hydrogen-bond acceptors (Lipinski definition) is 4. The lowest BCUT2D eigenvalue weighted by molar-refractivity contribution is -0.129. The number of anilines is 1. The van der Waals surface area contributed by atoms with Gasteiger partial charge in [0.15, 0.2) is 5.13 Å². The third-order valence-corrected chi connectivity index (χ3v) is 4.59. The van der Waals surface area contributed by atoms with Gasteiger partial charge in [0, 0.05) is 18.5 Å². The fourth-order valence-electron chi connectivity index (χ4n) is 2.67. The van der Waals surface area contributed by atoms with E-state index in [4.69, 9.17) is 0 Å². The molecular formula is C17H17N3O2S. The van der Waals surface area contributed by atoms with Gasteiger partial charge in [-0.15, -0.1) is 11.3 Å². The number of carbonyl (C=O) groups excluding carboxylic acids is 2. The Kier molecular flexibility index (Phi) is 4.25.